The van der Waals surface area contributed by atoms with Gasteiger partial charge in [-0.1, -0.05) is 6.92 Å². The number of rotatable bonds is 6. The normalized spacial score (nSPS) is 13.1. The maximum absolute atomic E-state index is 11.7. The zero-order valence-electron chi connectivity index (χ0n) is 12.2. The van der Waals surface area contributed by atoms with Gasteiger partial charge in [-0.05, 0) is 20.8 Å². The molecule has 108 valence electrons. The number of carbonyl (C=O) groups excluding carboxylic acids is 1. The van der Waals surface area contributed by atoms with E-state index in [9.17, 15) is 4.79 Å². The average molecular weight is 285 g/mol. The Hall–Kier alpha value is -1.14. The van der Waals surface area contributed by atoms with Gasteiger partial charge in [-0.2, -0.15) is 0 Å². The molecular weight excluding hydrogens is 262 g/mol. The van der Waals surface area contributed by atoms with Gasteiger partial charge in [-0.3, -0.25) is 0 Å². The summed E-state index contributed by atoms with van der Waals surface area (Å²) in [5.74, 6) is 0.222. The molecule has 0 saturated carbocycles. The second-order valence-corrected chi connectivity index (χ2v) is 6.15. The number of hydrogen-bond acceptors (Lipinski definition) is 4. The fourth-order valence-corrected chi connectivity index (χ4v) is 2.22. The molecule has 0 unspecified atom stereocenters. The van der Waals surface area contributed by atoms with Crippen LogP contribution in [0.15, 0.2) is 5.38 Å². The molecular formula is C13H23N3O2S. The van der Waals surface area contributed by atoms with Crippen LogP contribution in [-0.2, 0) is 4.74 Å². The van der Waals surface area contributed by atoms with E-state index >= 15 is 0 Å². The summed E-state index contributed by atoms with van der Waals surface area (Å²) in [4.78, 5) is 16.1. The van der Waals surface area contributed by atoms with Crippen LogP contribution >= 0.6 is 11.3 Å². The predicted molar refractivity (Wildman–Crippen MR) is 77.8 cm³/mol. The third-order valence-electron chi connectivity index (χ3n) is 2.85. The summed E-state index contributed by atoms with van der Waals surface area (Å²) >= 11 is 1.63. The van der Waals surface area contributed by atoms with Gasteiger partial charge in [0, 0.05) is 37.2 Å². The number of aryl methyl sites for hydroxylation is 1. The fourth-order valence-electron chi connectivity index (χ4n) is 1.36. The van der Waals surface area contributed by atoms with Gasteiger partial charge in [-0.15, -0.1) is 11.3 Å². The fraction of sp³-hybridized carbons (Fsp3) is 0.692. The Kier molecular flexibility index (Phi) is 5.75. The molecule has 0 aliphatic rings. The van der Waals surface area contributed by atoms with Gasteiger partial charge in [0.15, 0.2) is 0 Å². The molecule has 0 fully saturated rings. The summed E-state index contributed by atoms with van der Waals surface area (Å²) in [6.45, 7) is 8.92. The molecule has 6 heteroatoms. The molecule has 2 N–H and O–H groups in total. The van der Waals surface area contributed by atoms with Crippen LogP contribution in [0.3, 0.4) is 0 Å². The van der Waals surface area contributed by atoms with Crippen LogP contribution in [0.5, 0.6) is 0 Å². The van der Waals surface area contributed by atoms with E-state index in [2.05, 4.69) is 22.5 Å². The van der Waals surface area contributed by atoms with E-state index in [0.29, 0.717) is 13.1 Å². The van der Waals surface area contributed by atoms with Crippen molar-refractivity contribution in [2.24, 2.45) is 0 Å². The maximum atomic E-state index is 11.7. The van der Waals surface area contributed by atoms with E-state index in [-0.39, 0.29) is 17.6 Å². The van der Waals surface area contributed by atoms with Gasteiger partial charge >= 0.3 is 6.03 Å². The zero-order chi connectivity index (χ0) is 14.5. The first kappa shape index (κ1) is 15.9. The number of urea groups is 1. The lowest BCUT2D eigenvalue weighted by Gasteiger charge is -2.23. The quantitative estimate of drug-likeness (QED) is 0.843. The Morgan fingerprint density at radius 1 is 1.53 bits per heavy atom. The van der Waals surface area contributed by atoms with Crippen LogP contribution < -0.4 is 10.6 Å². The molecule has 0 bridgehead atoms. The first-order valence-corrected chi connectivity index (χ1v) is 7.21. The Bertz CT molecular complexity index is 418. The van der Waals surface area contributed by atoms with E-state index in [0.717, 1.165) is 10.7 Å². The van der Waals surface area contributed by atoms with Crippen molar-refractivity contribution < 1.29 is 9.53 Å². The molecule has 1 atom stereocenters. The van der Waals surface area contributed by atoms with Crippen LogP contribution in [0.2, 0.25) is 0 Å². The lowest BCUT2D eigenvalue weighted by Crippen LogP contribution is -2.45. The molecule has 19 heavy (non-hydrogen) atoms. The molecule has 5 nitrogen and oxygen atoms in total. The highest BCUT2D eigenvalue weighted by Gasteiger charge is 2.17. The number of aromatic nitrogens is 1. The van der Waals surface area contributed by atoms with Crippen LogP contribution in [-0.4, -0.2) is 36.8 Å². The highest BCUT2D eigenvalue weighted by Crippen LogP contribution is 2.18. The van der Waals surface area contributed by atoms with E-state index < -0.39 is 0 Å². The third-order valence-corrected chi connectivity index (χ3v) is 4.05. The van der Waals surface area contributed by atoms with Crippen molar-refractivity contribution in [3.8, 4) is 0 Å². The Balaban J connectivity index is 2.30. The van der Waals surface area contributed by atoms with Gasteiger partial charge < -0.3 is 15.4 Å². The molecule has 1 aromatic heterocycles. The molecule has 0 saturated heterocycles. The number of thiazole rings is 1. The summed E-state index contributed by atoms with van der Waals surface area (Å²) < 4.78 is 5.23. The molecule has 2 amide bonds. The first-order valence-electron chi connectivity index (χ1n) is 6.33. The third kappa shape index (κ3) is 5.57. The molecule has 0 aliphatic heterocycles. The topological polar surface area (TPSA) is 63.2 Å². The van der Waals surface area contributed by atoms with Crippen molar-refractivity contribution in [1.82, 2.24) is 15.6 Å². The van der Waals surface area contributed by atoms with Crippen molar-refractivity contribution in [2.75, 3.05) is 20.2 Å². The van der Waals surface area contributed by atoms with Gasteiger partial charge in [0.2, 0.25) is 0 Å². The molecule has 1 rings (SSSR count). The van der Waals surface area contributed by atoms with E-state index in [1.807, 2.05) is 26.2 Å². The van der Waals surface area contributed by atoms with Crippen molar-refractivity contribution in [3.05, 3.63) is 16.1 Å². The number of amides is 2. The van der Waals surface area contributed by atoms with Crippen LogP contribution in [0, 0.1) is 6.92 Å². The highest BCUT2D eigenvalue weighted by molar-refractivity contribution is 7.09. The molecule has 1 heterocycles. The molecule has 0 spiro atoms. The van der Waals surface area contributed by atoms with Gasteiger partial charge in [0.1, 0.15) is 0 Å². The molecule has 0 aromatic carbocycles. The lowest BCUT2D eigenvalue weighted by molar-refractivity contribution is 0.0254. The van der Waals surface area contributed by atoms with Crippen molar-refractivity contribution in [3.63, 3.8) is 0 Å². The predicted octanol–water partition coefficient (Wildman–Crippen LogP) is 2.28. The number of carbonyl (C=O) groups is 1. The molecule has 0 radical (unpaired) electrons. The van der Waals surface area contributed by atoms with E-state index in [1.54, 1.807) is 18.4 Å². The summed E-state index contributed by atoms with van der Waals surface area (Å²) in [5, 5.41) is 8.71. The second-order valence-electron chi connectivity index (χ2n) is 5.26. The van der Waals surface area contributed by atoms with Crippen molar-refractivity contribution in [1.29, 1.82) is 0 Å². The van der Waals surface area contributed by atoms with Crippen LogP contribution in [0.4, 0.5) is 4.79 Å². The van der Waals surface area contributed by atoms with Crippen molar-refractivity contribution >= 4 is 17.4 Å². The summed E-state index contributed by atoms with van der Waals surface area (Å²) in [5.41, 5.74) is 0.674. The second kappa shape index (κ2) is 6.86. The maximum Gasteiger partial charge on any atom is 0.314 e. The SMILES string of the molecule is COC(C)(C)CNC(=O)NC[C@@H](C)c1nc(C)cs1. The number of nitrogens with one attached hydrogen (secondary N) is 2. The standard InChI is InChI=1S/C13H23N3O2S/c1-9(11-16-10(2)7-19-11)6-14-12(17)15-8-13(3,4)18-5/h7,9H,6,8H2,1-5H3,(H2,14,15,17)/t9-/m1/s1. The first-order chi connectivity index (χ1) is 8.84. The summed E-state index contributed by atoms with van der Waals surface area (Å²) in [6.07, 6.45) is 0. The Morgan fingerprint density at radius 3 is 2.74 bits per heavy atom. The minimum Gasteiger partial charge on any atom is -0.377 e. The smallest absolute Gasteiger partial charge is 0.314 e. The van der Waals surface area contributed by atoms with E-state index in [1.165, 1.54) is 0 Å². The minimum atomic E-state index is -0.352. The Labute approximate surface area is 118 Å². The van der Waals surface area contributed by atoms with Crippen LogP contribution in [0.1, 0.15) is 37.4 Å². The Morgan fingerprint density at radius 2 is 2.21 bits per heavy atom. The summed E-state index contributed by atoms with van der Waals surface area (Å²) in [6, 6.07) is -0.176. The van der Waals surface area contributed by atoms with E-state index in [4.69, 9.17) is 4.74 Å². The van der Waals surface area contributed by atoms with Gasteiger partial charge in [0.05, 0.1) is 10.6 Å². The minimum absolute atomic E-state index is 0.176. The average Bonchev–Trinajstić information content (AvgIpc) is 2.80. The number of ether oxygens (including phenoxy) is 1. The number of nitrogens with zero attached hydrogens (tertiary/aromatic N) is 1. The monoisotopic (exact) mass is 285 g/mol. The number of hydrogen-bond donors (Lipinski definition) is 2. The lowest BCUT2D eigenvalue weighted by atomic mass is 10.1. The number of methoxy groups -OCH3 is 1. The summed E-state index contributed by atoms with van der Waals surface area (Å²) in [7, 11) is 1.63. The highest BCUT2D eigenvalue weighted by atomic mass is 32.1. The molecule has 1 aromatic rings. The molecule has 0 aliphatic carbocycles. The largest absolute Gasteiger partial charge is 0.377 e. The zero-order valence-corrected chi connectivity index (χ0v) is 13.1. The van der Waals surface area contributed by atoms with Crippen molar-refractivity contribution in [2.45, 2.75) is 39.2 Å². The van der Waals surface area contributed by atoms with Gasteiger partial charge in [0.25, 0.3) is 0 Å². The van der Waals surface area contributed by atoms with Crippen LogP contribution in [0.25, 0.3) is 0 Å². The van der Waals surface area contributed by atoms with Gasteiger partial charge in [-0.25, -0.2) is 9.78 Å².